The van der Waals surface area contributed by atoms with Crippen LogP contribution in [0.1, 0.15) is 55.1 Å². The number of rotatable bonds is 3. The first-order valence-corrected chi connectivity index (χ1v) is 8.45. The van der Waals surface area contributed by atoms with Crippen molar-refractivity contribution in [2.24, 2.45) is 13.0 Å². The molecule has 1 aromatic rings. The zero-order valence-corrected chi connectivity index (χ0v) is 14.0. The Morgan fingerprint density at radius 3 is 2.68 bits per heavy atom. The number of ether oxygens (including phenoxy) is 1. The van der Waals surface area contributed by atoms with Crippen LogP contribution in [-0.4, -0.2) is 40.3 Å². The van der Waals surface area contributed by atoms with Crippen LogP contribution < -0.4 is 0 Å². The maximum Gasteiger partial charge on any atom is 0.223 e. The normalized spacial score (nSPS) is 23.2. The first-order chi connectivity index (χ1) is 10.6. The first kappa shape index (κ1) is 15.5. The second-order valence-electron chi connectivity index (χ2n) is 6.74. The lowest BCUT2D eigenvalue weighted by atomic mass is 9.99. The number of hydrogen-bond donors (Lipinski definition) is 0. The Kier molecular flexibility index (Phi) is 4.52. The molecule has 5 nitrogen and oxygen atoms in total. The summed E-state index contributed by atoms with van der Waals surface area (Å²) in [4.78, 5) is 14.9. The molecule has 1 aliphatic heterocycles. The van der Waals surface area contributed by atoms with Gasteiger partial charge in [-0.25, -0.2) is 0 Å². The lowest BCUT2D eigenvalue weighted by Crippen LogP contribution is -2.44. The van der Waals surface area contributed by atoms with Gasteiger partial charge in [0.25, 0.3) is 0 Å². The minimum Gasteiger partial charge on any atom is -0.377 e. The zero-order valence-electron chi connectivity index (χ0n) is 14.0. The van der Waals surface area contributed by atoms with Crippen LogP contribution in [0.3, 0.4) is 0 Å². The zero-order chi connectivity index (χ0) is 15.7. The smallest absolute Gasteiger partial charge is 0.223 e. The van der Waals surface area contributed by atoms with Gasteiger partial charge in [-0.1, -0.05) is 12.8 Å². The quantitative estimate of drug-likeness (QED) is 0.862. The number of amides is 1. The summed E-state index contributed by atoms with van der Waals surface area (Å²) in [5, 5.41) is 4.51. The highest BCUT2D eigenvalue weighted by Gasteiger charge is 2.33. The molecular weight excluding hydrogens is 278 g/mol. The predicted molar refractivity (Wildman–Crippen MR) is 84.5 cm³/mol. The van der Waals surface area contributed by atoms with Gasteiger partial charge < -0.3 is 9.64 Å². The van der Waals surface area contributed by atoms with Gasteiger partial charge in [-0.3, -0.25) is 9.48 Å². The van der Waals surface area contributed by atoms with Gasteiger partial charge >= 0.3 is 0 Å². The molecule has 0 spiro atoms. The van der Waals surface area contributed by atoms with E-state index in [1.54, 1.807) is 0 Å². The SMILES string of the molecule is Cc1nn(C)c(C)c1C1COCCN1C(=O)CC1CCCC1. The largest absolute Gasteiger partial charge is 0.377 e. The van der Waals surface area contributed by atoms with Crippen LogP contribution in [0.2, 0.25) is 0 Å². The summed E-state index contributed by atoms with van der Waals surface area (Å²) in [6.45, 7) is 6.03. The topological polar surface area (TPSA) is 47.4 Å². The number of aryl methyl sites for hydroxylation is 2. The fourth-order valence-electron chi connectivity index (χ4n) is 3.99. The summed E-state index contributed by atoms with van der Waals surface area (Å²) in [5.41, 5.74) is 3.31. The van der Waals surface area contributed by atoms with E-state index in [1.165, 1.54) is 31.2 Å². The van der Waals surface area contributed by atoms with E-state index in [2.05, 4.69) is 12.0 Å². The van der Waals surface area contributed by atoms with Crippen molar-refractivity contribution in [3.63, 3.8) is 0 Å². The Bertz CT molecular complexity index is 546. The summed E-state index contributed by atoms with van der Waals surface area (Å²) >= 11 is 0. The fourth-order valence-corrected chi connectivity index (χ4v) is 3.99. The third-order valence-electron chi connectivity index (χ3n) is 5.29. The molecule has 122 valence electrons. The Balaban J connectivity index is 1.80. The number of morpholine rings is 1. The summed E-state index contributed by atoms with van der Waals surface area (Å²) in [5.74, 6) is 0.884. The molecule has 1 aromatic heterocycles. The van der Waals surface area contributed by atoms with E-state index in [0.29, 0.717) is 38.0 Å². The van der Waals surface area contributed by atoms with E-state index in [9.17, 15) is 4.79 Å². The molecule has 0 N–H and O–H groups in total. The van der Waals surface area contributed by atoms with Crippen molar-refractivity contribution in [3.05, 3.63) is 17.0 Å². The number of aromatic nitrogens is 2. The Morgan fingerprint density at radius 2 is 2.05 bits per heavy atom. The van der Waals surface area contributed by atoms with Crippen LogP contribution in [0.15, 0.2) is 0 Å². The molecule has 0 bridgehead atoms. The molecule has 0 radical (unpaired) electrons. The van der Waals surface area contributed by atoms with Crippen molar-refractivity contribution in [1.82, 2.24) is 14.7 Å². The standard InChI is InChI=1S/C17H27N3O2/c1-12-17(13(2)19(3)18-12)15-11-22-9-8-20(15)16(21)10-14-6-4-5-7-14/h14-15H,4-11H2,1-3H3. The van der Waals surface area contributed by atoms with E-state index in [1.807, 2.05) is 23.6 Å². The van der Waals surface area contributed by atoms with Crippen LogP contribution >= 0.6 is 0 Å². The molecule has 3 rings (SSSR count). The summed E-state index contributed by atoms with van der Waals surface area (Å²) in [6, 6.07) is 0.0244. The third kappa shape index (κ3) is 2.91. The highest BCUT2D eigenvalue weighted by molar-refractivity contribution is 5.77. The van der Waals surface area contributed by atoms with Gasteiger partial charge in [-0.2, -0.15) is 5.10 Å². The summed E-state index contributed by atoms with van der Waals surface area (Å²) in [6.07, 6.45) is 5.70. The van der Waals surface area contributed by atoms with Gasteiger partial charge in [-0.15, -0.1) is 0 Å². The van der Waals surface area contributed by atoms with Gasteiger partial charge in [0.1, 0.15) is 0 Å². The van der Waals surface area contributed by atoms with Gasteiger partial charge in [0, 0.05) is 31.3 Å². The van der Waals surface area contributed by atoms with Crippen molar-refractivity contribution in [1.29, 1.82) is 0 Å². The molecule has 1 amide bonds. The monoisotopic (exact) mass is 305 g/mol. The molecule has 5 heteroatoms. The first-order valence-electron chi connectivity index (χ1n) is 8.45. The molecule has 1 atom stereocenters. The minimum absolute atomic E-state index is 0.0244. The lowest BCUT2D eigenvalue weighted by Gasteiger charge is -2.36. The molecular formula is C17H27N3O2. The van der Waals surface area contributed by atoms with E-state index >= 15 is 0 Å². The van der Waals surface area contributed by atoms with Crippen molar-refractivity contribution in [2.45, 2.75) is 52.0 Å². The van der Waals surface area contributed by atoms with Crippen LogP contribution in [0.4, 0.5) is 0 Å². The highest BCUT2D eigenvalue weighted by Crippen LogP contribution is 2.33. The summed E-state index contributed by atoms with van der Waals surface area (Å²) in [7, 11) is 1.96. The van der Waals surface area contributed by atoms with Crippen LogP contribution in [0.25, 0.3) is 0 Å². The second-order valence-corrected chi connectivity index (χ2v) is 6.74. The van der Waals surface area contributed by atoms with Gasteiger partial charge in [0.15, 0.2) is 0 Å². The Labute approximate surface area is 132 Å². The third-order valence-corrected chi connectivity index (χ3v) is 5.29. The second kappa shape index (κ2) is 6.41. The average Bonchev–Trinajstić information content (AvgIpc) is 3.08. The number of hydrogen-bond acceptors (Lipinski definition) is 3. The Morgan fingerprint density at radius 1 is 1.32 bits per heavy atom. The van der Waals surface area contributed by atoms with Crippen LogP contribution in [0.5, 0.6) is 0 Å². The van der Waals surface area contributed by atoms with E-state index in [0.717, 1.165) is 11.4 Å². The molecule has 22 heavy (non-hydrogen) atoms. The number of carbonyl (C=O) groups is 1. The molecule has 2 fully saturated rings. The van der Waals surface area contributed by atoms with Crippen LogP contribution in [-0.2, 0) is 16.6 Å². The molecule has 2 aliphatic rings. The van der Waals surface area contributed by atoms with Crippen LogP contribution in [0, 0.1) is 19.8 Å². The fraction of sp³-hybridized carbons (Fsp3) is 0.765. The van der Waals surface area contributed by atoms with Gasteiger partial charge in [0.2, 0.25) is 5.91 Å². The van der Waals surface area contributed by atoms with Gasteiger partial charge in [-0.05, 0) is 32.6 Å². The van der Waals surface area contributed by atoms with Crippen molar-refractivity contribution >= 4 is 5.91 Å². The van der Waals surface area contributed by atoms with Gasteiger partial charge in [0.05, 0.1) is 24.9 Å². The van der Waals surface area contributed by atoms with E-state index in [4.69, 9.17) is 4.74 Å². The molecule has 2 heterocycles. The predicted octanol–water partition coefficient (Wildman–Crippen LogP) is 2.52. The maximum absolute atomic E-state index is 12.8. The molecule has 1 saturated heterocycles. The van der Waals surface area contributed by atoms with E-state index < -0.39 is 0 Å². The number of carbonyl (C=O) groups excluding carboxylic acids is 1. The molecule has 0 aromatic carbocycles. The lowest BCUT2D eigenvalue weighted by molar-refractivity contribution is -0.141. The molecule has 1 unspecified atom stereocenters. The molecule has 1 saturated carbocycles. The minimum atomic E-state index is 0.0244. The van der Waals surface area contributed by atoms with Crippen molar-refractivity contribution in [2.75, 3.05) is 19.8 Å². The van der Waals surface area contributed by atoms with Crippen molar-refractivity contribution in [3.8, 4) is 0 Å². The van der Waals surface area contributed by atoms with E-state index in [-0.39, 0.29) is 6.04 Å². The molecule has 1 aliphatic carbocycles. The Hall–Kier alpha value is -1.36. The average molecular weight is 305 g/mol. The van der Waals surface area contributed by atoms with Crippen molar-refractivity contribution < 1.29 is 9.53 Å². The highest BCUT2D eigenvalue weighted by atomic mass is 16.5. The number of nitrogens with zero attached hydrogens (tertiary/aromatic N) is 3. The maximum atomic E-state index is 12.8. The summed E-state index contributed by atoms with van der Waals surface area (Å²) < 4.78 is 7.58.